The van der Waals surface area contributed by atoms with Crippen LogP contribution in [-0.2, 0) is 0 Å². The molecule has 6 nitrogen and oxygen atoms in total. The molecule has 2 heterocycles. The number of hydrogen-bond acceptors (Lipinski definition) is 5. The van der Waals surface area contributed by atoms with Gasteiger partial charge in [0.25, 0.3) is 11.5 Å². The number of hydrogen-bond donors (Lipinski definition) is 1. The summed E-state index contributed by atoms with van der Waals surface area (Å²) < 4.78 is 14.1. The van der Waals surface area contributed by atoms with Crippen molar-refractivity contribution in [2.45, 2.75) is 26.2 Å². The molecule has 1 N–H and O–H groups in total. The molecule has 0 spiro atoms. The van der Waals surface area contributed by atoms with Gasteiger partial charge < -0.3 is 5.32 Å². The smallest absolute Gasteiger partial charge is 0.298 e. The minimum atomic E-state index is -0.508. The highest BCUT2D eigenvalue weighted by Crippen LogP contribution is 2.23. The Hall–Kier alpha value is -2.61. The van der Waals surface area contributed by atoms with Crippen LogP contribution in [0.5, 0.6) is 0 Å². The number of benzene rings is 1. The summed E-state index contributed by atoms with van der Waals surface area (Å²) in [7, 11) is 0. The molecule has 24 heavy (non-hydrogen) atoms. The third-order valence-corrected chi connectivity index (χ3v) is 4.85. The van der Waals surface area contributed by atoms with Gasteiger partial charge >= 0.3 is 0 Å². The third-order valence-electron chi connectivity index (χ3n) is 3.69. The van der Waals surface area contributed by atoms with E-state index < -0.39 is 17.3 Å². The van der Waals surface area contributed by atoms with E-state index in [1.54, 1.807) is 0 Å². The summed E-state index contributed by atoms with van der Waals surface area (Å²) in [6.45, 7) is 4.07. The van der Waals surface area contributed by atoms with E-state index in [0.29, 0.717) is 4.96 Å². The average molecular weight is 346 g/mol. The molecule has 3 rings (SSSR count). The summed E-state index contributed by atoms with van der Waals surface area (Å²) in [6, 6.07) is 5.06. The van der Waals surface area contributed by atoms with E-state index in [1.165, 1.54) is 46.3 Å². The fraction of sp³-hybridized carbons (Fsp3) is 0.250. The Morgan fingerprint density at radius 3 is 2.75 bits per heavy atom. The molecule has 124 valence electrons. The van der Waals surface area contributed by atoms with E-state index in [9.17, 15) is 14.0 Å². The molecule has 1 aromatic carbocycles. The molecule has 8 heteroatoms. The van der Waals surface area contributed by atoms with Crippen LogP contribution in [0.1, 0.15) is 41.6 Å². The monoisotopic (exact) mass is 346 g/mol. The van der Waals surface area contributed by atoms with Crippen molar-refractivity contribution in [3.8, 4) is 0 Å². The van der Waals surface area contributed by atoms with Crippen molar-refractivity contribution < 1.29 is 9.18 Å². The van der Waals surface area contributed by atoms with Crippen LogP contribution in [0.3, 0.4) is 0 Å². The Bertz CT molecular complexity index is 949. The second-order valence-electron chi connectivity index (χ2n) is 5.38. The van der Waals surface area contributed by atoms with Crippen molar-refractivity contribution >= 4 is 27.9 Å². The van der Waals surface area contributed by atoms with E-state index in [2.05, 4.69) is 15.4 Å². The first-order chi connectivity index (χ1) is 11.5. The zero-order valence-corrected chi connectivity index (χ0v) is 13.9. The number of nitrogens with zero attached hydrogens (tertiary/aromatic N) is 3. The van der Waals surface area contributed by atoms with Crippen LogP contribution in [-0.4, -0.2) is 20.5 Å². The molecule has 0 aliphatic rings. The van der Waals surface area contributed by atoms with Gasteiger partial charge in [-0.2, -0.15) is 9.61 Å². The van der Waals surface area contributed by atoms with Crippen molar-refractivity contribution in [2.75, 3.05) is 5.32 Å². The highest BCUT2D eigenvalue weighted by molar-refractivity contribution is 7.16. The average Bonchev–Trinajstić information content (AvgIpc) is 3.02. The van der Waals surface area contributed by atoms with Gasteiger partial charge in [0.2, 0.25) is 4.96 Å². The maximum absolute atomic E-state index is 12.9. The molecule has 1 unspecified atom stereocenters. The summed E-state index contributed by atoms with van der Waals surface area (Å²) >= 11 is 1.36. The highest BCUT2D eigenvalue weighted by Gasteiger charge is 2.15. The first-order valence-electron chi connectivity index (χ1n) is 7.45. The predicted molar refractivity (Wildman–Crippen MR) is 90.2 cm³/mol. The van der Waals surface area contributed by atoms with Gasteiger partial charge in [-0.15, -0.1) is 0 Å². The molecule has 1 atom stereocenters. The number of rotatable bonds is 4. The van der Waals surface area contributed by atoms with E-state index in [4.69, 9.17) is 0 Å². The standard InChI is InChI=1S/C16H15FN4O2S/c1-3-9(2)14-20-21-15(23)12(8-18-16(21)24-14)19-13(22)10-4-6-11(17)7-5-10/h4-9H,3H2,1-2H3,(H,19,22). The van der Waals surface area contributed by atoms with Gasteiger partial charge in [0.1, 0.15) is 16.5 Å². The third kappa shape index (κ3) is 3.05. The molecule has 0 aliphatic carbocycles. The van der Waals surface area contributed by atoms with Crippen LogP contribution in [0.25, 0.3) is 4.96 Å². The number of nitrogens with one attached hydrogen (secondary N) is 1. The Balaban J connectivity index is 1.92. The van der Waals surface area contributed by atoms with Crippen molar-refractivity contribution in [1.29, 1.82) is 0 Å². The molecule has 0 saturated heterocycles. The SMILES string of the molecule is CCC(C)c1nn2c(=O)c(NC(=O)c3ccc(F)cc3)cnc2s1. The number of fused-ring (bicyclic) bond motifs is 1. The Morgan fingerprint density at radius 1 is 1.38 bits per heavy atom. The maximum atomic E-state index is 12.9. The van der Waals surface area contributed by atoms with Crippen LogP contribution in [0.2, 0.25) is 0 Å². The summed E-state index contributed by atoms with van der Waals surface area (Å²) in [6.07, 6.45) is 2.22. The molecule has 0 saturated carbocycles. The fourth-order valence-electron chi connectivity index (χ4n) is 2.06. The first kappa shape index (κ1) is 16.3. The lowest BCUT2D eigenvalue weighted by Crippen LogP contribution is -2.23. The Kier molecular flexibility index (Phi) is 4.39. The van der Waals surface area contributed by atoms with Crippen molar-refractivity contribution in [2.24, 2.45) is 0 Å². The minimum Gasteiger partial charge on any atom is -0.316 e. The summed E-state index contributed by atoms with van der Waals surface area (Å²) in [5.74, 6) is -0.714. The Labute approximate surface area is 141 Å². The van der Waals surface area contributed by atoms with E-state index >= 15 is 0 Å². The molecule has 0 fully saturated rings. The second-order valence-corrected chi connectivity index (χ2v) is 6.37. The molecule has 1 amide bonds. The van der Waals surface area contributed by atoms with E-state index in [-0.39, 0.29) is 17.2 Å². The van der Waals surface area contributed by atoms with E-state index in [0.717, 1.165) is 11.4 Å². The van der Waals surface area contributed by atoms with E-state index in [1.807, 2.05) is 13.8 Å². The summed E-state index contributed by atoms with van der Waals surface area (Å²) in [5, 5.41) is 7.62. The molecule has 0 aliphatic heterocycles. The van der Waals surface area contributed by atoms with Crippen LogP contribution < -0.4 is 10.9 Å². The lowest BCUT2D eigenvalue weighted by atomic mass is 10.1. The summed E-state index contributed by atoms with van der Waals surface area (Å²) in [5.41, 5.74) is -0.163. The number of halogens is 1. The largest absolute Gasteiger partial charge is 0.316 e. The molecule has 3 aromatic rings. The number of amides is 1. The van der Waals surface area contributed by atoms with Gasteiger partial charge in [-0.25, -0.2) is 9.37 Å². The van der Waals surface area contributed by atoms with Crippen LogP contribution >= 0.6 is 11.3 Å². The predicted octanol–water partition coefficient (Wildman–Crippen LogP) is 3.06. The fourth-order valence-corrected chi connectivity index (χ4v) is 3.05. The normalized spacial score (nSPS) is 12.3. The van der Waals surface area contributed by atoms with Crippen LogP contribution in [0, 0.1) is 5.82 Å². The molecule has 2 aromatic heterocycles. The quantitative estimate of drug-likeness (QED) is 0.788. The van der Waals surface area contributed by atoms with Gasteiger partial charge in [0, 0.05) is 11.5 Å². The zero-order valence-electron chi connectivity index (χ0n) is 13.1. The van der Waals surface area contributed by atoms with Crippen LogP contribution in [0.4, 0.5) is 10.1 Å². The van der Waals surface area contributed by atoms with Crippen LogP contribution in [0.15, 0.2) is 35.3 Å². The summed E-state index contributed by atoms with van der Waals surface area (Å²) in [4.78, 5) is 29.3. The highest BCUT2D eigenvalue weighted by atomic mass is 32.1. The first-order valence-corrected chi connectivity index (χ1v) is 8.27. The lowest BCUT2D eigenvalue weighted by Gasteiger charge is -2.04. The number of anilines is 1. The van der Waals surface area contributed by atoms with Gasteiger partial charge in [0.15, 0.2) is 0 Å². The number of carbonyl (C=O) groups is 1. The van der Waals surface area contributed by atoms with Gasteiger partial charge in [0.05, 0.1) is 6.20 Å². The van der Waals surface area contributed by atoms with Crippen molar-refractivity contribution in [1.82, 2.24) is 14.6 Å². The molecule has 0 radical (unpaired) electrons. The molecule has 0 bridgehead atoms. The van der Waals surface area contributed by atoms with Gasteiger partial charge in [-0.3, -0.25) is 9.59 Å². The van der Waals surface area contributed by atoms with Gasteiger partial charge in [-0.05, 0) is 30.7 Å². The zero-order chi connectivity index (χ0) is 17.3. The number of carbonyl (C=O) groups excluding carboxylic acids is 1. The topological polar surface area (TPSA) is 76.4 Å². The lowest BCUT2D eigenvalue weighted by molar-refractivity contribution is 0.102. The Morgan fingerprint density at radius 2 is 2.08 bits per heavy atom. The molecular formula is C16H15FN4O2S. The number of aromatic nitrogens is 3. The van der Waals surface area contributed by atoms with Gasteiger partial charge in [-0.1, -0.05) is 25.2 Å². The minimum absolute atomic E-state index is 0.0304. The molecular weight excluding hydrogens is 331 g/mol. The second kappa shape index (κ2) is 6.48. The maximum Gasteiger partial charge on any atom is 0.298 e. The van der Waals surface area contributed by atoms with Crippen molar-refractivity contribution in [3.05, 3.63) is 57.2 Å². The van der Waals surface area contributed by atoms with Crippen molar-refractivity contribution in [3.63, 3.8) is 0 Å².